The van der Waals surface area contributed by atoms with Gasteiger partial charge in [-0.2, -0.15) is 0 Å². The van der Waals surface area contributed by atoms with Crippen molar-refractivity contribution in [1.29, 1.82) is 0 Å². The van der Waals surface area contributed by atoms with Crippen LogP contribution in [0.4, 0.5) is 0 Å². The van der Waals surface area contributed by atoms with Gasteiger partial charge in [-0.05, 0) is 12.8 Å². The van der Waals surface area contributed by atoms with Crippen molar-refractivity contribution in [1.82, 2.24) is 4.90 Å². The van der Waals surface area contributed by atoms with Crippen molar-refractivity contribution in [3.05, 3.63) is 0 Å². The molecule has 12 heavy (non-hydrogen) atoms. The Hall–Kier alpha value is 0.430. The number of alkyl halides is 2. The molecule has 0 unspecified atom stereocenters. The highest BCUT2D eigenvalue weighted by atomic mass is 79.9. The molecule has 4 atom stereocenters. The van der Waals surface area contributed by atoms with E-state index in [1.165, 1.54) is 0 Å². The highest BCUT2D eigenvalue weighted by Gasteiger charge is 2.50. The minimum atomic E-state index is 0.299. The average molecular weight is 297 g/mol. The van der Waals surface area contributed by atoms with Crippen molar-refractivity contribution in [2.24, 2.45) is 5.92 Å². The van der Waals surface area contributed by atoms with E-state index in [1.54, 1.807) is 0 Å². The van der Waals surface area contributed by atoms with Crippen LogP contribution in [-0.4, -0.2) is 33.6 Å². The lowest BCUT2D eigenvalue weighted by atomic mass is 9.76. The molecule has 1 aliphatic carbocycles. The molecule has 0 aromatic rings. The van der Waals surface area contributed by atoms with Crippen molar-refractivity contribution in [3.8, 4) is 0 Å². The molecule has 2 nitrogen and oxygen atoms in total. The van der Waals surface area contributed by atoms with Crippen molar-refractivity contribution in [2.75, 3.05) is 7.05 Å². The molecule has 68 valence electrons. The van der Waals surface area contributed by atoms with E-state index in [2.05, 4.69) is 31.9 Å². The van der Waals surface area contributed by atoms with Crippen LogP contribution in [0.2, 0.25) is 0 Å². The van der Waals surface area contributed by atoms with E-state index in [-0.39, 0.29) is 0 Å². The lowest BCUT2D eigenvalue weighted by molar-refractivity contribution is -0.155. The van der Waals surface area contributed by atoms with Gasteiger partial charge in [0.1, 0.15) is 0 Å². The number of β-lactam (4-membered cyclic amide) rings is 1. The topological polar surface area (TPSA) is 20.3 Å². The zero-order valence-corrected chi connectivity index (χ0v) is 10.0. The van der Waals surface area contributed by atoms with Gasteiger partial charge in [0, 0.05) is 22.7 Å². The summed E-state index contributed by atoms with van der Waals surface area (Å²) in [6.07, 6.45) is 2.08. The fourth-order valence-electron chi connectivity index (χ4n) is 2.13. The lowest BCUT2D eigenvalue weighted by Gasteiger charge is -2.50. The van der Waals surface area contributed by atoms with Crippen molar-refractivity contribution in [3.63, 3.8) is 0 Å². The largest absolute Gasteiger partial charge is 0.342 e. The molecule has 0 bridgehead atoms. The van der Waals surface area contributed by atoms with Crippen molar-refractivity contribution < 1.29 is 4.79 Å². The third kappa shape index (κ3) is 1.15. The number of carbonyl (C=O) groups is 1. The van der Waals surface area contributed by atoms with Gasteiger partial charge in [0.2, 0.25) is 5.91 Å². The summed E-state index contributed by atoms with van der Waals surface area (Å²) < 4.78 is 0. The molecule has 2 fully saturated rings. The maximum atomic E-state index is 11.3. The first kappa shape index (κ1) is 9.00. The van der Waals surface area contributed by atoms with Gasteiger partial charge >= 0.3 is 0 Å². The van der Waals surface area contributed by atoms with E-state index < -0.39 is 0 Å². The summed E-state index contributed by atoms with van der Waals surface area (Å²) in [5, 5.41) is 0. The zero-order chi connectivity index (χ0) is 8.88. The molecule has 1 aliphatic heterocycles. The number of hydrogen-bond donors (Lipinski definition) is 0. The van der Waals surface area contributed by atoms with E-state index in [1.807, 2.05) is 11.9 Å². The summed E-state index contributed by atoms with van der Waals surface area (Å²) in [5.41, 5.74) is 0. The molecule has 1 saturated carbocycles. The van der Waals surface area contributed by atoms with Crippen LogP contribution in [0.25, 0.3) is 0 Å². The number of rotatable bonds is 0. The number of likely N-dealkylation sites (tertiary alicyclic amines) is 1. The minimum Gasteiger partial charge on any atom is -0.342 e. The summed E-state index contributed by atoms with van der Waals surface area (Å²) in [6.45, 7) is 0. The normalized spacial score (nSPS) is 46.9. The standard InChI is InChI=1S/C8H11Br2NO/c1-11-7-3-6(10)5(9)2-4(7)8(11)12/h4-7H,2-3H2,1H3/t4-,5+,6-,7+/m0/s1. The summed E-state index contributed by atoms with van der Waals surface area (Å²) in [4.78, 5) is 14.2. The second kappa shape index (κ2) is 2.98. The fraction of sp³-hybridized carbons (Fsp3) is 0.875. The number of amides is 1. The van der Waals surface area contributed by atoms with Gasteiger partial charge in [0.05, 0.1) is 5.92 Å². The molecule has 2 rings (SSSR count). The summed E-state index contributed by atoms with van der Waals surface area (Å²) in [7, 11) is 1.90. The second-order valence-corrected chi connectivity index (χ2v) is 5.98. The Bertz CT molecular complexity index is 221. The van der Waals surface area contributed by atoms with Gasteiger partial charge in [0.15, 0.2) is 0 Å². The maximum Gasteiger partial charge on any atom is 0.227 e. The molecule has 0 aromatic heterocycles. The Labute approximate surface area is 88.9 Å². The average Bonchev–Trinajstić information content (AvgIpc) is 2.08. The molecule has 1 amide bonds. The Kier molecular flexibility index (Phi) is 2.24. The molecule has 4 heteroatoms. The predicted octanol–water partition coefficient (Wildman–Crippen LogP) is 1.76. The third-order valence-corrected chi connectivity index (χ3v) is 5.70. The third-order valence-electron chi connectivity index (χ3n) is 2.96. The van der Waals surface area contributed by atoms with Crippen LogP contribution in [0.1, 0.15) is 12.8 Å². The van der Waals surface area contributed by atoms with Gasteiger partial charge in [-0.1, -0.05) is 31.9 Å². The van der Waals surface area contributed by atoms with E-state index in [0.29, 0.717) is 27.5 Å². The Morgan fingerprint density at radius 1 is 1.33 bits per heavy atom. The zero-order valence-electron chi connectivity index (χ0n) is 6.84. The van der Waals surface area contributed by atoms with Crippen molar-refractivity contribution >= 4 is 37.8 Å². The summed E-state index contributed by atoms with van der Waals surface area (Å²) >= 11 is 7.20. The monoisotopic (exact) mass is 295 g/mol. The number of nitrogens with zero attached hydrogens (tertiary/aromatic N) is 1. The van der Waals surface area contributed by atoms with Crippen LogP contribution >= 0.6 is 31.9 Å². The number of hydrogen-bond acceptors (Lipinski definition) is 1. The lowest BCUT2D eigenvalue weighted by Crippen LogP contribution is -2.62. The Balaban J connectivity index is 2.07. The molecule has 0 spiro atoms. The van der Waals surface area contributed by atoms with Crippen LogP contribution < -0.4 is 0 Å². The smallest absolute Gasteiger partial charge is 0.227 e. The molecular formula is C8H11Br2NO. The number of carbonyl (C=O) groups excluding carboxylic acids is 1. The fourth-order valence-corrected chi connectivity index (χ4v) is 3.34. The molecule has 2 aliphatic rings. The molecule has 0 radical (unpaired) electrons. The van der Waals surface area contributed by atoms with Crippen LogP contribution in [-0.2, 0) is 4.79 Å². The van der Waals surface area contributed by atoms with Gasteiger partial charge in [-0.3, -0.25) is 4.79 Å². The molecule has 0 aromatic carbocycles. The van der Waals surface area contributed by atoms with E-state index in [0.717, 1.165) is 12.8 Å². The Morgan fingerprint density at radius 2 is 1.92 bits per heavy atom. The SMILES string of the molecule is CN1C(=O)[C@H]2C[C@@H](Br)[C@@H](Br)C[C@H]21. The number of fused-ring (bicyclic) bond motifs is 1. The number of halogens is 2. The second-order valence-electron chi connectivity index (χ2n) is 3.63. The first-order valence-corrected chi connectivity index (χ1v) is 5.99. The molecule has 1 heterocycles. The van der Waals surface area contributed by atoms with E-state index in [9.17, 15) is 4.79 Å². The van der Waals surface area contributed by atoms with Crippen LogP contribution in [0, 0.1) is 5.92 Å². The van der Waals surface area contributed by atoms with Crippen molar-refractivity contribution in [2.45, 2.75) is 28.5 Å². The Morgan fingerprint density at radius 3 is 2.58 bits per heavy atom. The highest BCUT2D eigenvalue weighted by molar-refractivity contribution is 9.12. The van der Waals surface area contributed by atoms with E-state index in [4.69, 9.17) is 0 Å². The van der Waals surface area contributed by atoms with Crippen LogP contribution in [0.15, 0.2) is 0 Å². The highest BCUT2D eigenvalue weighted by Crippen LogP contribution is 2.42. The minimum absolute atomic E-state index is 0.299. The first-order chi connectivity index (χ1) is 5.61. The predicted molar refractivity (Wildman–Crippen MR) is 54.7 cm³/mol. The first-order valence-electron chi connectivity index (χ1n) is 4.16. The molecule has 1 saturated heterocycles. The quantitative estimate of drug-likeness (QED) is 0.493. The summed E-state index contributed by atoms with van der Waals surface area (Å²) in [5.74, 6) is 0.622. The van der Waals surface area contributed by atoms with Gasteiger partial charge in [0.25, 0.3) is 0 Å². The maximum absolute atomic E-state index is 11.3. The van der Waals surface area contributed by atoms with Gasteiger partial charge in [-0.15, -0.1) is 0 Å². The van der Waals surface area contributed by atoms with Gasteiger partial charge in [-0.25, -0.2) is 0 Å². The van der Waals surface area contributed by atoms with E-state index >= 15 is 0 Å². The molecule has 0 N–H and O–H groups in total. The van der Waals surface area contributed by atoms with Crippen LogP contribution in [0.5, 0.6) is 0 Å². The van der Waals surface area contributed by atoms with Gasteiger partial charge < -0.3 is 4.90 Å². The summed E-state index contributed by atoms with van der Waals surface area (Å²) in [6, 6.07) is 0.496. The molecular weight excluding hydrogens is 286 g/mol. The van der Waals surface area contributed by atoms with Crippen LogP contribution in [0.3, 0.4) is 0 Å².